The highest BCUT2D eigenvalue weighted by Crippen LogP contribution is 2.15. The monoisotopic (exact) mass is 372 g/mol. The first-order valence-electron chi connectivity index (χ1n) is 7.15. The van der Waals surface area contributed by atoms with Gasteiger partial charge in [0.05, 0.1) is 0 Å². The summed E-state index contributed by atoms with van der Waals surface area (Å²) in [5.41, 5.74) is 4.93. The van der Waals surface area contributed by atoms with E-state index < -0.39 is 6.03 Å². The number of benzene rings is 1. The molecule has 0 aliphatic heterocycles. The highest BCUT2D eigenvalue weighted by atomic mass is 79.9. The fourth-order valence-electron chi connectivity index (χ4n) is 1.70. The third kappa shape index (κ3) is 9.23. The van der Waals surface area contributed by atoms with Gasteiger partial charge in [0, 0.05) is 17.4 Å². The van der Waals surface area contributed by atoms with E-state index in [4.69, 9.17) is 15.2 Å². The molecule has 0 fully saturated rings. The van der Waals surface area contributed by atoms with Gasteiger partial charge in [-0.25, -0.2) is 4.79 Å². The van der Waals surface area contributed by atoms with Crippen LogP contribution in [0.1, 0.15) is 25.7 Å². The minimum Gasteiger partial charge on any atom is -0.490 e. The summed E-state index contributed by atoms with van der Waals surface area (Å²) in [7, 11) is 0. The van der Waals surface area contributed by atoms with Crippen LogP contribution in [0.5, 0.6) is 5.75 Å². The van der Waals surface area contributed by atoms with Gasteiger partial charge in [-0.05, 0) is 37.1 Å². The van der Waals surface area contributed by atoms with Crippen molar-refractivity contribution >= 4 is 27.9 Å². The average molecular weight is 373 g/mol. The van der Waals surface area contributed by atoms with Crippen LogP contribution in [0.4, 0.5) is 4.79 Å². The van der Waals surface area contributed by atoms with Crippen molar-refractivity contribution in [1.82, 2.24) is 5.32 Å². The Balaban J connectivity index is 1.97. The van der Waals surface area contributed by atoms with E-state index in [0.29, 0.717) is 19.6 Å². The molecule has 0 saturated carbocycles. The number of ether oxygens (including phenoxy) is 2. The molecular weight excluding hydrogens is 352 g/mol. The molecule has 1 aromatic carbocycles. The van der Waals surface area contributed by atoms with Gasteiger partial charge in [0.15, 0.2) is 0 Å². The van der Waals surface area contributed by atoms with Crippen molar-refractivity contribution in [2.75, 3.05) is 19.8 Å². The van der Waals surface area contributed by atoms with Crippen molar-refractivity contribution in [3.05, 3.63) is 28.7 Å². The van der Waals surface area contributed by atoms with Gasteiger partial charge in [-0.1, -0.05) is 22.4 Å². The summed E-state index contributed by atoms with van der Waals surface area (Å²) in [4.78, 5) is 21.9. The number of nitrogens with one attached hydrogen (secondary N) is 1. The normalized spacial score (nSPS) is 10.0. The first kappa shape index (κ1) is 18.3. The first-order chi connectivity index (χ1) is 10.6. The lowest BCUT2D eigenvalue weighted by Crippen LogP contribution is -2.29. The summed E-state index contributed by atoms with van der Waals surface area (Å²) < 4.78 is 11.5. The molecule has 122 valence electrons. The molecule has 0 heterocycles. The Kier molecular flexibility index (Phi) is 9.06. The zero-order valence-electron chi connectivity index (χ0n) is 12.3. The van der Waals surface area contributed by atoms with Gasteiger partial charge in [-0.2, -0.15) is 0 Å². The second kappa shape index (κ2) is 10.9. The topological polar surface area (TPSA) is 90.7 Å². The van der Waals surface area contributed by atoms with Gasteiger partial charge < -0.3 is 20.5 Å². The third-order valence-corrected chi connectivity index (χ3v) is 3.31. The van der Waals surface area contributed by atoms with Crippen LogP contribution in [0.3, 0.4) is 0 Å². The Morgan fingerprint density at radius 3 is 2.50 bits per heavy atom. The molecule has 0 bridgehead atoms. The molecule has 0 unspecified atom stereocenters. The van der Waals surface area contributed by atoms with E-state index in [1.807, 2.05) is 24.3 Å². The Bertz CT molecular complexity index is 465. The number of hydrogen-bond acceptors (Lipinski definition) is 4. The SMILES string of the molecule is NC(=O)NCCCCCC(=O)OCCOc1ccc(Br)cc1. The van der Waals surface area contributed by atoms with Crippen LogP contribution in [0.15, 0.2) is 28.7 Å². The lowest BCUT2D eigenvalue weighted by Gasteiger charge is -2.07. The summed E-state index contributed by atoms with van der Waals surface area (Å²) in [5.74, 6) is 0.503. The van der Waals surface area contributed by atoms with Crippen LogP contribution in [0.2, 0.25) is 0 Å². The van der Waals surface area contributed by atoms with Crippen LogP contribution in [-0.2, 0) is 9.53 Å². The molecule has 2 amide bonds. The van der Waals surface area contributed by atoms with Gasteiger partial charge in [-0.15, -0.1) is 0 Å². The molecule has 1 aromatic rings. The maximum absolute atomic E-state index is 11.5. The average Bonchev–Trinajstić information content (AvgIpc) is 2.49. The number of rotatable bonds is 10. The molecule has 0 atom stereocenters. The summed E-state index contributed by atoms with van der Waals surface area (Å²) >= 11 is 3.34. The highest BCUT2D eigenvalue weighted by molar-refractivity contribution is 9.10. The third-order valence-electron chi connectivity index (χ3n) is 2.79. The number of esters is 1. The summed E-state index contributed by atoms with van der Waals surface area (Å²) in [5, 5.41) is 2.50. The predicted molar refractivity (Wildman–Crippen MR) is 86.7 cm³/mol. The van der Waals surface area contributed by atoms with Crippen LogP contribution in [0, 0.1) is 0 Å². The van der Waals surface area contributed by atoms with E-state index in [9.17, 15) is 9.59 Å². The zero-order valence-corrected chi connectivity index (χ0v) is 13.9. The molecule has 7 heteroatoms. The molecule has 0 aliphatic rings. The van der Waals surface area contributed by atoms with Crippen LogP contribution >= 0.6 is 15.9 Å². The van der Waals surface area contributed by atoms with Crippen LogP contribution in [0.25, 0.3) is 0 Å². The number of urea groups is 1. The van der Waals surface area contributed by atoms with Crippen molar-refractivity contribution in [1.29, 1.82) is 0 Å². The van der Waals surface area contributed by atoms with Crippen molar-refractivity contribution in [3.63, 3.8) is 0 Å². The van der Waals surface area contributed by atoms with Crippen molar-refractivity contribution in [2.24, 2.45) is 5.73 Å². The first-order valence-corrected chi connectivity index (χ1v) is 7.94. The lowest BCUT2D eigenvalue weighted by molar-refractivity contribution is -0.144. The van der Waals surface area contributed by atoms with Gasteiger partial charge in [0.1, 0.15) is 19.0 Å². The molecule has 0 spiro atoms. The number of carbonyl (C=O) groups excluding carboxylic acids is 2. The van der Waals surface area contributed by atoms with Crippen molar-refractivity contribution in [3.8, 4) is 5.75 Å². The minimum atomic E-state index is -0.523. The lowest BCUT2D eigenvalue weighted by atomic mass is 10.2. The second-order valence-corrected chi connectivity index (χ2v) is 5.54. The van der Waals surface area contributed by atoms with E-state index in [1.54, 1.807) is 0 Å². The van der Waals surface area contributed by atoms with E-state index >= 15 is 0 Å². The molecule has 0 radical (unpaired) electrons. The number of primary amides is 1. The summed E-state index contributed by atoms with van der Waals surface area (Å²) in [6, 6.07) is 6.92. The summed E-state index contributed by atoms with van der Waals surface area (Å²) in [6.07, 6.45) is 2.73. The van der Waals surface area contributed by atoms with E-state index in [1.165, 1.54) is 0 Å². The Morgan fingerprint density at radius 2 is 1.82 bits per heavy atom. The molecule has 1 rings (SSSR count). The maximum atomic E-state index is 11.5. The quantitative estimate of drug-likeness (QED) is 0.487. The highest BCUT2D eigenvalue weighted by Gasteiger charge is 2.03. The Morgan fingerprint density at radius 1 is 1.09 bits per heavy atom. The number of hydrogen-bond donors (Lipinski definition) is 2. The molecule has 0 aromatic heterocycles. The smallest absolute Gasteiger partial charge is 0.312 e. The Hall–Kier alpha value is -1.76. The van der Waals surface area contributed by atoms with Gasteiger partial charge in [0.2, 0.25) is 0 Å². The Labute approximate surface area is 138 Å². The minimum absolute atomic E-state index is 0.234. The van der Waals surface area contributed by atoms with Crippen molar-refractivity contribution < 1.29 is 19.1 Å². The van der Waals surface area contributed by atoms with Gasteiger partial charge in [0.25, 0.3) is 0 Å². The molecular formula is C15H21BrN2O4. The van der Waals surface area contributed by atoms with E-state index in [2.05, 4.69) is 21.2 Å². The predicted octanol–water partition coefficient (Wildman–Crippen LogP) is 2.60. The van der Waals surface area contributed by atoms with Gasteiger partial charge >= 0.3 is 12.0 Å². The molecule has 0 saturated heterocycles. The molecule has 3 N–H and O–H groups in total. The molecule has 6 nitrogen and oxygen atoms in total. The molecule has 22 heavy (non-hydrogen) atoms. The van der Waals surface area contributed by atoms with E-state index in [-0.39, 0.29) is 12.6 Å². The number of unbranched alkanes of at least 4 members (excludes halogenated alkanes) is 2. The second-order valence-electron chi connectivity index (χ2n) is 4.62. The van der Waals surface area contributed by atoms with E-state index in [0.717, 1.165) is 29.5 Å². The number of halogens is 1. The summed E-state index contributed by atoms with van der Waals surface area (Å²) in [6.45, 7) is 1.10. The number of carbonyl (C=O) groups is 2. The van der Waals surface area contributed by atoms with Gasteiger partial charge in [-0.3, -0.25) is 4.79 Å². The zero-order chi connectivity index (χ0) is 16.2. The fourth-order valence-corrected chi connectivity index (χ4v) is 1.97. The largest absolute Gasteiger partial charge is 0.490 e. The number of amides is 2. The van der Waals surface area contributed by atoms with Crippen LogP contribution < -0.4 is 15.8 Å². The molecule has 0 aliphatic carbocycles. The number of nitrogens with two attached hydrogens (primary N) is 1. The van der Waals surface area contributed by atoms with Crippen LogP contribution in [-0.4, -0.2) is 31.8 Å². The van der Waals surface area contributed by atoms with Crippen molar-refractivity contribution in [2.45, 2.75) is 25.7 Å². The fraction of sp³-hybridized carbons (Fsp3) is 0.467. The maximum Gasteiger partial charge on any atom is 0.312 e. The standard InChI is InChI=1S/C15H21BrN2O4/c16-12-5-7-13(8-6-12)21-10-11-22-14(19)4-2-1-3-9-18-15(17)20/h5-8H,1-4,9-11H2,(H3,17,18,20).